The molecule has 2 aromatic carbocycles. The zero-order valence-corrected chi connectivity index (χ0v) is 16.5. The van der Waals surface area contributed by atoms with Crippen molar-refractivity contribution in [3.8, 4) is 0 Å². The summed E-state index contributed by atoms with van der Waals surface area (Å²) in [5.41, 5.74) is 1.23. The topological polar surface area (TPSA) is 40.6 Å². The van der Waals surface area contributed by atoms with Gasteiger partial charge < -0.3 is 9.80 Å². The molecule has 3 rings (SSSR count). The minimum absolute atomic E-state index is 0.113. The van der Waals surface area contributed by atoms with Gasteiger partial charge in [-0.25, -0.2) is 0 Å². The molecule has 0 N–H and O–H groups in total. The molecule has 2 aromatic rings. The molecule has 1 heterocycles. The Balaban J connectivity index is 1.81. The maximum Gasteiger partial charge on any atom is 0.254 e. The van der Waals surface area contributed by atoms with E-state index in [1.165, 1.54) is 6.07 Å². The van der Waals surface area contributed by atoms with E-state index < -0.39 is 6.04 Å². The van der Waals surface area contributed by atoms with Gasteiger partial charge in [-0.1, -0.05) is 45.2 Å². The van der Waals surface area contributed by atoms with Crippen LogP contribution >= 0.6 is 39.1 Å². The molecule has 0 unspecified atom stereocenters. The first kappa shape index (κ1) is 18.2. The van der Waals surface area contributed by atoms with Crippen molar-refractivity contribution in [1.82, 2.24) is 4.90 Å². The number of nitrogens with zero attached hydrogens (tertiary/aromatic N) is 2. The molecule has 0 aromatic heterocycles. The second kappa shape index (κ2) is 7.36. The molecule has 1 aliphatic rings. The Kier molecular flexibility index (Phi) is 5.37. The van der Waals surface area contributed by atoms with E-state index in [0.29, 0.717) is 28.7 Å². The number of rotatable bonds is 2. The highest BCUT2D eigenvalue weighted by atomic mass is 79.9. The Labute approximate surface area is 164 Å². The van der Waals surface area contributed by atoms with Gasteiger partial charge in [-0.3, -0.25) is 9.59 Å². The lowest BCUT2D eigenvalue weighted by Gasteiger charge is -2.39. The minimum Gasteiger partial charge on any atom is -0.325 e. The van der Waals surface area contributed by atoms with Crippen molar-refractivity contribution in [3.63, 3.8) is 0 Å². The summed E-state index contributed by atoms with van der Waals surface area (Å²) >= 11 is 15.3. The molecule has 0 aliphatic carbocycles. The number of piperazine rings is 1. The van der Waals surface area contributed by atoms with E-state index in [0.717, 1.165) is 10.2 Å². The predicted octanol–water partition coefficient (Wildman–Crippen LogP) is 4.63. The van der Waals surface area contributed by atoms with E-state index in [1.807, 2.05) is 24.3 Å². The normalized spacial score (nSPS) is 17.8. The van der Waals surface area contributed by atoms with E-state index in [2.05, 4.69) is 15.9 Å². The Morgan fingerprint density at radius 1 is 1.12 bits per heavy atom. The van der Waals surface area contributed by atoms with Gasteiger partial charge in [-0.2, -0.15) is 0 Å². The standard InChI is InChI=1S/C18H15BrCl2N2O2/c1-11-17(24)23(14-4-2-3-13(19)10-14)8-7-22(11)18(25)12-5-6-15(20)16(21)9-12/h2-6,9-11H,7-8H2,1H3/t11-/m0/s1. The van der Waals surface area contributed by atoms with Crippen LogP contribution in [0.1, 0.15) is 17.3 Å². The quantitative estimate of drug-likeness (QED) is 0.681. The highest BCUT2D eigenvalue weighted by Crippen LogP contribution is 2.26. The predicted molar refractivity (Wildman–Crippen MR) is 103 cm³/mol. The molecule has 7 heteroatoms. The second-order valence-electron chi connectivity index (χ2n) is 5.77. The average Bonchev–Trinajstić information content (AvgIpc) is 2.59. The van der Waals surface area contributed by atoms with Crippen LogP contribution in [0, 0.1) is 0 Å². The van der Waals surface area contributed by atoms with Gasteiger partial charge >= 0.3 is 0 Å². The number of benzene rings is 2. The summed E-state index contributed by atoms with van der Waals surface area (Å²) < 4.78 is 0.903. The highest BCUT2D eigenvalue weighted by Gasteiger charge is 2.35. The SMILES string of the molecule is C[C@H]1C(=O)N(c2cccc(Br)c2)CCN1C(=O)c1ccc(Cl)c(Cl)c1. The molecule has 1 atom stereocenters. The first-order chi connectivity index (χ1) is 11.9. The number of amides is 2. The maximum atomic E-state index is 12.8. The summed E-state index contributed by atoms with van der Waals surface area (Å²) in [6, 6.07) is 11.7. The maximum absolute atomic E-state index is 12.8. The lowest BCUT2D eigenvalue weighted by Crippen LogP contribution is -2.57. The van der Waals surface area contributed by atoms with Gasteiger partial charge in [0.15, 0.2) is 0 Å². The fourth-order valence-corrected chi connectivity index (χ4v) is 3.53. The van der Waals surface area contributed by atoms with Crippen LogP contribution in [0.4, 0.5) is 5.69 Å². The average molecular weight is 442 g/mol. The van der Waals surface area contributed by atoms with Crippen LogP contribution in [0.25, 0.3) is 0 Å². The van der Waals surface area contributed by atoms with E-state index in [1.54, 1.807) is 28.9 Å². The van der Waals surface area contributed by atoms with E-state index in [-0.39, 0.29) is 11.8 Å². The fourth-order valence-electron chi connectivity index (χ4n) is 2.84. The summed E-state index contributed by atoms with van der Waals surface area (Å²) in [6.45, 7) is 2.62. The van der Waals surface area contributed by atoms with E-state index >= 15 is 0 Å². The van der Waals surface area contributed by atoms with Gasteiger partial charge in [0, 0.05) is 28.8 Å². The van der Waals surface area contributed by atoms with Gasteiger partial charge in [0.05, 0.1) is 10.0 Å². The summed E-state index contributed by atoms with van der Waals surface area (Å²) in [5.74, 6) is -0.342. The van der Waals surface area contributed by atoms with Crippen molar-refractivity contribution >= 4 is 56.6 Å². The Bertz CT molecular complexity index is 844. The van der Waals surface area contributed by atoms with Crippen LogP contribution in [-0.4, -0.2) is 35.8 Å². The van der Waals surface area contributed by atoms with E-state index in [9.17, 15) is 9.59 Å². The Morgan fingerprint density at radius 2 is 1.88 bits per heavy atom. The third-order valence-electron chi connectivity index (χ3n) is 4.20. The summed E-state index contributed by atoms with van der Waals surface area (Å²) in [7, 11) is 0. The smallest absolute Gasteiger partial charge is 0.254 e. The zero-order chi connectivity index (χ0) is 18.1. The molecule has 4 nitrogen and oxygen atoms in total. The van der Waals surface area contributed by atoms with Crippen molar-refractivity contribution < 1.29 is 9.59 Å². The molecular formula is C18H15BrCl2N2O2. The fraction of sp³-hybridized carbons (Fsp3) is 0.222. The molecule has 0 radical (unpaired) electrons. The summed E-state index contributed by atoms with van der Waals surface area (Å²) in [4.78, 5) is 28.8. The molecule has 1 fully saturated rings. The van der Waals surface area contributed by atoms with Crippen molar-refractivity contribution in [1.29, 1.82) is 0 Å². The van der Waals surface area contributed by atoms with Crippen molar-refractivity contribution in [3.05, 3.63) is 62.5 Å². The highest BCUT2D eigenvalue weighted by molar-refractivity contribution is 9.10. The first-order valence-corrected chi connectivity index (χ1v) is 9.26. The van der Waals surface area contributed by atoms with Crippen LogP contribution in [0.5, 0.6) is 0 Å². The number of anilines is 1. The van der Waals surface area contributed by atoms with Gasteiger partial charge in [0.25, 0.3) is 5.91 Å². The van der Waals surface area contributed by atoms with Crippen LogP contribution in [0.15, 0.2) is 46.9 Å². The number of halogens is 3. The van der Waals surface area contributed by atoms with Crippen molar-refractivity contribution in [2.45, 2.75) is 13.0 Å². The van der Waals surface area contributed by atoms with Crippen LogP contribution in [0.2, 0.25) is 10.0 Å². The van der Waals surface area contributed by atoms with Gasteiger partial charge in [-0.05, 0) is 43.3 Å². The van der Waals surface area contributed by atoms with Crippen molar-refractivity contribution in [2.24, 2.45) is 0 Å². The molecule has 0 bridgehead atoms. The molecule has 1 aliphatic heterocycles. The molecule has 0 spiro atoms. The Hall–Kier alpha value is -1.56. The second-order valence-corrected chi connectivity index (χ2v) is 7.50. The summed E-state index contributed by atoms with van der Waals surface area (Å²) in [5, 5.41) is 0.709. The lowest BCUT2D eigenvalue weighted by molar-refractivity contribution is -0.124. The number of hydrogen-bond acceptors (Lipinski definition) is 2. The Morgan fingerprint density at radius 3 is 2.56 bits per heavy atom. The minimum atomic E-state index is -0.560. The monoisotopic (exact) mass is 440 g/mol. The van der Waals surface area contributed by atoms with Crippen LogP contribution in [-0.2, 0) is 4.79 Å². The largest absolute Gasteiger partial charge is 0.325 e. The molecular weight excluding hydrogens is 427 g/mol. The molecule has 25 heavy (non-hydrogen) atoms. The molecule has 130 valence electrons. The summed E-state index contributed by atoms with van der Waals surface area (Å²) in [6.07, 6.45) is 0. The first-order valence-electron chi connectivity index (χ1n) is 7.71. The van der Waals surface area contributed by atoms with E-state index in [4.69, 9.17) is 23.2 Å². The van der Waals surface area contributed by atoms with Crippen LogP contribution < -0.4 is 4.90 Å². The number of hydrogen-bond donors (Lipinski definition) is 0. The third kappa shape index (κ3) is 3.68. The van der Waals surface area contributed by atoms with Gasteiger partial charge in [0.2, 0.25) is 5.91 Å². The lowest BCUT2D eigenvalue weighted by atomic mass is 10.1. The van der Waals surface area contributed by atoms with Crippen LogP contribution in [0.3, 0.4) is 0 Å². The number of carbonyl (C=O) groups is 2. The third-order valence-corrected chi connectivity index (χ3v) is 5.44. The molecule has 0 saturated carbocycles. The zero-order valence-electron chi connectivity index (χ0n) is 13.4. The van der Waals surface area contributed by atoms with Gasteiger partial charge in [0.1, 0.15) is 6.04 Å². The van der Waals surface area contributed by atoms with Crippen molar-refractivity contribution in [2.75, 3.05) is 18.0 Å². The molecule has 1 saturated heterocycles. The number of carbonyl (C=O) groups excluding carboxylic acids is 2. The van der Waals surface area contributed by atoms with Gasteiger partial charge in [-0.15, -0.1) is 0 Å². The molecule has 2 amide bonds.